The van der Waals surface area contributed by atoms with Crippen LogP contribution in [-0.4, -0.2) is 109 Å². The number of methoxy groups -OCH3 is 1. The van der Waals surface area contributed by atoms with E-state index in [0.717, 1.165) is 37.5 Å². The Morgan fingerprint density at radius 3 is 1.03 bits per heavy atom. The van der Waals surface area contributed by atoms with Gasteiger partial charge in [-0.2, -0.15) is 74.6 Å². The quantitative estimate of drug-likeness (QED) is 0.0113. The molecule has 0 aromatic heterocycles. The van der Waals surface area contributed by atoms with E-state index in [1.807, 2.05) is 38.1 Å². The number of carbonyl (C=O) groups excluding carboxylic acids is 2. The summed E-state index contributed by atoms with van der Waals surface area (Å²) in [6.07, 6.45) is -24.1. The molecule has 1 fully saturated rings. The highest BCUT2D eigenvalue weighted by Gasteiger charge is 2.62. The summed E-state index contributed by atoms with van der Waals surface area (Å²) in [7, 11) is 1.68. The standard InChI is InChI=1S/C17H26F6O4.C17H20F6O4.C16H26O2.C13H17F3O.C10H10F4O.C10H14O/c2*1-5-9(2)13(24)27-12-7-10(14(3,25)16(18,19)20)6-11(8-12)15(4,26)17(21,22)23;1-7-12(2)13-8-10-14(11-9-13)18-15(17-6)16(3,4)5;1-4-9(2)10-5-7-11(8-6-10)12(3,17)13(14,15)16;1-3-4(2)5-6(11)8(13)10(15)9(14)7(5)12;1-3-8(2)9-4-6-10(11)7-5-9/h9-12,25-26H,5-8H2,1-4H3;6-9,25-26H,5H2,1-4H3;8-12,15H,7H2,1-6H3;5-9,17H,4H2,1-3H3;4,15H,3H2,1-2H3;4-8,11H,3H2,1-2H3. The molecule has 0 heterocycles. The van der Waals surface area contributed by atoms with Crippen molar-refractivity contribution in [3.8, 4) is 23.0 Å². The molecule has 0 aliphatic heterocycles. The van der Waals surface area contributed by atoms with Gasteiger partial charge in [-0.15, -0.1) is 0 Å². The molecule has 14 unspecified atom stereocenters. The molecule has 1 aliphatic rings. The highest BCUT2D eigenvalue weighted by molar-refractivity contribution is 5.75. The van der Waals surface area contributed by atoms with Gasteiger partial charge in [0.15, 0.2) is 45.4 Å². The molecule has 656 valence electrons. The predicted octanol–water partition coefficient (Wildman–Crippen LogP) is 23.1. The summed E-state index contributed by atoms with van der Waals surface area (Å²) in [6, 6.07) is 23.3. The zero-order valence-corrected chi connectivity index (χ0v) is 68.6. The maximum absolute atomic E-state index is 13.2. The molecule has 13 nitrogen and oxygen atoms in total. The number of esters is 2. The van der Waals surface area contributed by atoms with Crippen LogP contribution in [-0.2, 0) is 35.9 Å². The lowest BCUT2D eigenvalue weighted by Crippen LogP contribution is -2.57. The summed E-state index contributed by atoms with van der Waals surface area (Å²) in [5.74, 6) is -12.9. The maximum atomic E-state index is 13.2. The van der Waals surface area contributed by atoms with Gasteiger partial charge < -0.3 is 54.7 Å². The first-order valence-corrected chi connectivity index (χ1v) is 37.4. The Bertz CT molecular complexity index is 3680. The second-order valence-corrected chi connectivity index (χ2v) is 31.0. The summed E-state index contributed by atoms with van der Waals surface area (Å²) in [4.78, 5) is 23.8. The van der Waals surface area contributed by atoms with E-state index < -0.39 is 177 Å². The third-order valence-electron chi connectivity index (χ3n) is 21.0. The molecule has 0 bridgehead atoms. The first-order valence-electron chi connectivity index (χ1n) is 37.4. The van der Waals surface area contributed by atoms with E-state index in [-0.39, 0.29) is 17.3 Å². The van der Waals surface area contributed by atoms with Crippen molar-refractivity contribution in [1.82, 2.24) is 0 Å². The van der Waals surface area contributed by atoms with Gasteiger partial charge in [0.05, 0.1) is 11.8 Å². The van der Waals surface area contributed by atoms with E-state index in [0.29, 0.717) is 88.7 Å². The SMILES string of the molecule is CCC(C)C(=O)OC1CC(C(C)(O)C(F)(F)F)CC(C(C)(O)C(F)(F)F)C1.CCC(C)C(=O)Oc1cc(C(C)(O)C(F)(F)F)cc(C(C)(O)C(F)(F)F)c1.CCC(C)c1c(F)c(F)c(O)c(F)c1F.CCC(C)c1ccc(C(C)(O)C(F)(F)F)cc1.CCC(C)c1ccc(O)cc1.CCC(C)c1ccc(OC(OC)C(C)(C)C)cc1. The van der Waals surface area contributed by atoms with Crippen molar-refractivity contribution >= 4 is 11.9 Å². The van der Waals surface area contributed by atoms with Crippen molar-refractivity contribution in [2.45, 2.75) is 291 Å². The Balaban J connectivity index is 0.000000706. The van der Waals surface area contributed by atoms with Crippen molar-refractivity contribution < 1.29 is 148 Å². The topological polar surface area (TPSA) is 213 Å². The number of aliphatic hydroxyl groups is 5. The van der Waals surface area contributed by atoms with Crippen molar-refractivity contribution in [3.05, 3.63) is 153 Å². The fourth-order valence-electron chi connectivity index (χ4n) is 10.8. The number of halogens is 19. The maximum Gasteiger partial charge on any atom is 0.421 e. The van der Waals surface area contributed by atoms with Gasteiger partial charge in [-0.1, -0.05) is 152 Å². The number of aromatic hydroxyl groups is 2. The molecular weight excluding hydrogens is 1570 g/mol. The normalized spacial score (nSPS) is 19.3. The Morgan fingerprint density at radius 1 is 0.409 bits per heavy atom. The molecule has 5 aromatic rings. The van der Waals surface area contributed by atoms with Gasteiger partial charge >= 0.3 is 42.8 Å². The fourth-order valence-corrected chi connectivity index (χ4v) is 10.8. The molecule has 6 rings (SSSR count). The Labute approximate surface area is 661 Å². The molecule has 1 aliphatic carbocycles. The number of hydrogen-bond donors (Lipinski definition) is 7. The number of benzene rings is 5. The van der Waals surface area contributed by atoms with E-state index in [1.165, 1.54) is 44.0 Å². The van der Waals surface area contributed by atoms with E-state index >= 15 is 0 Å². The molecule has 5 aromatic carbocycles. The van der Waals surface area contributed by atoms with Gasteiger partial charge in [-0.05, 0) is 192 Å². The van der Waals surface area contributed by atoms with Gasteiger partial charge in [0.1, 0.15) is 23.4 Å². The highest BCUT2D eigenvalue weighted by Crippen LogP contribution is 2.51. The number of rotatable bonds is 22. The number of carbonyl (C=O) groups is 2. The minimum Gasteiger partial charge on any atom is -0.508 e. The van der Waals surface area contributed by atoms with Gasteiger partial charge in [-0.3, -0.25) is 9.59 Å². The minimum absolute atomic E-state index is 0.0376. The third kappa shape index (κ3) is 28.8. The molecular formula is C83H113F19O13. The lowest BCUT2D eigenvalue weighted by molar-refractivity contribution is -0.299. The minimum atomic E-state index is -5.23. The van der Waals surface area contributed by atoms with Crippen LogP contribution < -0.4 is 9.47 Å². The lowest BCUT2D eigenvalue weighted by atomic mass is 9.67. The molecule has 115 heavy (non-hydrogen) atoms. The number of alkyl halides is 15. The molecule has 1 saturated carbocycles. The van der Waals surface area contributed by atoms with Crippen LogP contribution in [0.15, 0.2) is 91.0 Å². The second-order valence-electron chi connectivity index (χ2n) is 31.0. The van der Waals surface area contributed by atoms with Crippen LogP contribution >= 0.6 is 0 Å². The number of ether oxygens (including phenoxy) is 4. The highest BCUT2D eigenvalue weighted by atomic mass is 19.4. The van der Waals surface area contributed by atoms with E-state index in [4.69, 9.17) is 29.2 Å². The van der Waals surface area contributed by atoms with Crippen molar-refractivity contribution in [1.29, 1.82) is 0 Å². The molecule has 0 radical (unpaired) electrons. The summed E-state index contributed by atoms with van der Waals surface area (Å²) >= 11 is 0. The lowest BCUT2D eigenvalue weighted by Gasteiger charge is -2.46. The number of phenols is 2. The van der Waals surface area contributed by atoms with Crippen LogP contribution in [0.1, 0.15) is 259 Å². The third-order valence-corrected chi connectivity index (χ3v) is 21.0. The Kier molecular flexibility index (Phi) is 39.1. The first-order chi connectivity index (χ1) is 52.1. The van der Waals surface area contributed by atoms with Crippen LogP contribution in [0.5, 0.6) is 23.0 Å². The fraction of sp³-hybridized carbons (Fsp3) is 0.614. The average Bonchev–Trinajstić information content (AvgIpc) is 0.764. The summed E-state index contributed by atoms with van der Waals surface area (Å²) in [5.41, 5.74) is -15.7. The molecule has 32 heteroatoms. The van der Waals surface area contributed by atoms with Crippen LogP contribution in [0.3, 0.4) is 0 Å². The van der Waals surface area contributed by atoms with Crippen molar-refractivity contribution in [2.24, 2.45) is 29.1 Å². The van der Waals surface area contributed by atoms with Crippen molar-refractivity contribution in [2.75, 3.05) is 7.11 Å². The summed E-state index contributed by atoms with van der Waals surface area (Å²) < 4.78 is 269. The zero-order chi connectivity index (χ0) is 89.9. The Hall–Kier alpha value is -7.13. The Morgan fingerprint density at radius 2 is 0.730 bits per heavy atom. The summed E-state index contributed by atoms with van der Waals surface area (Å²) in [5, 5.41) is 66.7. The van der Waals surface area contributed by atoms with Crippen LogP contribution in [0.2, 0.25) is 0 Å². The average molecular weight is 1680 g/mol. The van der Waals surface area contributed by atoms with Crippen LogP contribution in [0, 0.1) is 52.4 Å². The first kappa shape index (κ1) is 106. The molecule has 7 N–H and O–H groups in total. The van der Waals surface area contributed by atoms with Crippen LogP contribution in [0.25, 0.3) is 0 Å². The van der Waals surface area contributed by atoms with E-state index in [2.05, 4.69) is 60.6 Å². The van der Waals surface area contributed by atoms with Crippen molar-refractivity contribution in [3.63, 3.8) is 0 Å². The monoisotopic (exact) mass is 1680 g/mol. The number of hydrogen-bond acceptors (Lipinski definition) is 13. The largest absolute Gasteiger partial charge is 0.508 e. The van der Waals surface area contributed by atoms with Gasteiger partial charge in [0.25, 0.3) is 0 Å². The second kappa shape index (κ2) is 42.5. The van der Waals surface area contributed by atoms with Crippen LogP contribution in [0.4, 0.5) is 83.4 Å². The van der Waals surface area contributed by atoms with Gasteiger partial charge in [0.2, 0.25) is 17.9 Å². The summed E-state index contributed by atoms with van der Waals surface area (Å²) in [6.45, 7) is 30.9. The molecule has 0 amide bonds. The predicted molar refractivity (Wildman–Crippen MR) is 397 cm³/mol. The van der Waals surface area contributed by atoms with E-state index in [9.17, 15) is 119 Å². The zero-order valence-electron chi connectivity index (χ0n) is 68.6. The molecule has 14 atom stereocenters. The molecule has 0 saturated heterocycles. The molecule has 0 spiro atoms. The number of phenolic OH excluding ortho intramolecular Hbond substituents is 2. The smallest absolute Gasteiger partial charge is 0.421 e. The van der Waals surface area contributed by atoms with Gasteiger partial charge in [0, 0.05) is 29.9 Å². The van der Waals surface area contributed by atoms with E-state index in [1.54, 1.807) is 52.1 Å². The van der Waals surface area contributed by atoms with Gasteiger partial charge in [-0.25, -0.2) is 8.78 Å².